The van der Waals surface area contributed by atoms with Crippen molar-refractivity contribution in [3.8, 4) is 17.0 Å². The highest BCUT2D eigenvalue weighted by Gasteiger charge is 2.16. The number of benzene rings is 2. The fraction of sp³-hybridized carbons (Fsp3) is 0.304. The SMILES string of the molecule is CN(c1ccc(-c2csc(NC(=O)c3ccc(OC[C@@H]4CCCO4)cc3)n2)cc1)S(C)(=O)=O. The van der Waals surface area contributed by atoms with E-state index >= 15 is 0 Å². The van der Waals surface area contributed by atoms with Gasteiger partial charge >= 0.3 is 0 Å². The Bertz CT molecular complexity index is 1200. The molecule has 4 rings (SSSR count). The van der Waals surface area contributed by atoms with E-state index in [1.54, 1.807) is 48.5 Å². The maximum Gasteiger partial charge on any atom is 0.257 e. The second kappa shape index (κ2) is 9.90. The molecular formula is C23H25N3O5S2. The Balaban J connectivity index is 1.35. The Hall–Kier alpha value is -2.95. The molecule has 10 heteroatoms. The van der Waals surface area contributed by atoms with Crippen LogP contribution in [0, 0.1) is 0 Å². The third-order valence-corrected chi connectivity index (χ3v) is 7.29. The van der Waals surface area contributed by atoms with Crippen molar-refractivity contribution >= 4 is 38.1 Å². The zero-order valence-electron chi connectivity index (χ0n) is 18.4. The van der Waals surface area contributed by atoms with E-state index in [2.05, 4.69) is 10.3 Å². The second-order valence-corrected chi connectivity index (χ2v) is 10.6. The molecule has 33 heavy (non-hydrogen) atoms. The standard InChI is InChI=1S/C23H25N3O5S2/c1-26(33(2,28)29)18-9-5-16(6-10-18)21-15-32-23(24-21)25-22(27)17-7-11-19(12-8-17)31-14-20-4-3-13-30-20/h5-12,15,20H,3-4,13-14H2,1-2H3,(H,24,25,27)/t20-/m0/s1. The Kier molecular flexibility index (Phi) is 6.96. The number of ether oxygens (including phenoxy) is 2. The number of amides is 1. The molecule has 2 aromatic carbocycles. The van der Waals surface area contributed by atoms with Gasteiger partial charge in [0, 0.05) is 30.2 Å². The minimum atomic E-state index is -3.32. The number of sulfonamides is 1. The van der Waals surface area contributed by atoms with Gasteiger partial charge in [-0.05, 0) is 49.2 Å². The summed E-state index contributed by atoms with van der Waals surface area (Å²) in [6.45, 7) is 1.30. The maximum absolute atomic E-state index is 12.6. The fourth-order valence-corrected chi connectivity index (χ4v) is 4.55. The van der Waals surface area contributed by atoms with Crippen LogP contribution in [0.15, 0.2) is 53.9 Å². The van der Waals surface area contributed by atoms with Crippen LogP contribution in [0.25, 0.3) is 11.3 Å². The van der Waals surface area contributed by atoms with Crippen molar-refractivity contribution in [3.63, 3.8) is 0 Å². The molecule has 3 aromatic rings. The van der Waals surface area contributed by atoms with Crippen LogP contribution in [0.1, 0.15) is 23.2 Å². The normalized spacial score (nSPS) is 15.9. The van der Waals surface area contributed by atoms with Gasteiger partial charge in [-0.3, -0.25) is 14.4 Å². The molecule has 0 saturated carbocycles. The number of rotatable bonds is 8. The van der Waals surface area contributed by atoms with Crippen molar-refractivity contribution in [3.05, 3.63) is 59.5 Å². The molecular weight excluding hydrogens is 462 g/mol. The van der Waals surface area contributed by atoms with Crippen LogP contribution in [0.2, 0.25) is 0 Å². The number of anilines is 2. The average Bonchev–Trinajstić information content (AvgIpc) is 3.49. The number of carbonyl (C=O) groups excluding carboxylic acids is 1. The van der Waals surface area contributed by atoms with Crippen molar-refractivity contribution in [1.82, 2.24) is 4.98 Å². The molecule has 1 aromatic heterocycles. The molecule has 1 atom stereocenters. The third kappa shape index (κ3) is 5.89. The molecule has 1 aliphatic rings. The van der Waals surface area contributed by atoms with Crippen LogP contribution in [-0.4, -0.2) is 51.9 Å². The van der Waals surface area contributed by atoms with E-state index in [0.717, 1.165) is 31.3 Å². The first-order valence-electron chi connectivity index (χ1n) is 10.5. The molecule has 0 spiro atoms. The van der Waals surface area contributed by atoms with Gasteiger partial charge in [0.05, 0.1) is 23.7 Å². The van der Waals surface area contributed by atoms with E-state index in [1.807, 2.05) is 5.38 Å². The van der Waals surface area contributed by atoms with E-state index < -0.39 is 10.0 Å². The predicted octanol–water partition coefficient (Wildman–Crippen LogP) is 4.02. The molecule has 0 bridgehead atoms. The van der Waals surface area contributed by atoms with Gasteiger partial charge in [-0.25, -0.2) is 13.4 Å². The lowest BCUT2D eigenvalue weighted by Crippen LogP contribution is -2.24. The zero-order valence-corrected chi connectivity index (χ0v) is 20.0. The van der Waals surface area contributed by atoms with E-state index in [-0.39, 0.29) is 12.0 Å². The molecule has 8 nitrogen and oxygen atoms in total. The first-order valence-corrected chi connectivity index (χ1v) is 13.2. The minimum Gasteiger partial charge on any atom is -0.491 e. The van der Waals surface area contributed by atoms with Crippen LogP contribution in [-0.2, 0) is 14.8 Å². The van der Waals surface area contributed by atoms with Crippen molar-refractivity contribution in [1.29, 1.82) is 0 Å². The van der Waals surface area contributed by atoms with Gasteiger partial charge < -0.3 is 9.47 Å². The van der Waals surface area contributed by atoms with Gasteiger partial charge in [-0.15, -0.1) is 11.3 Å². The molecule has 1 aliphatic heterocycles. The van der Waals surface area contributed by atoms with Crippen LogP contribution in [0.4, 0.5) is 10.8 Å². The molecule has 0 aliphatic carbocycles. The number of aromatic nitrogens is 1. The third-order valence-electron chi connectivity index (χ3n) is 5.33. The number of thiazole rings is 1. The van der Waals surface area contributed by atoms with E-state index in [4.69, 9.17) is 9.47 Å². The monoisotopic (exact) mass is 487 g/mol. The zero-order chi connectivity index (χ0) is 23.4. The number of carbonyl (C=O) groups is 1. The quantitative estimate of drug-likeness (QED) is 0.516. The molecule has 1 saturated heterocycles. The summed E-state index contributed by atoms with van der Waals surface area (Å²) in [6, 6.07) is 14.0. The summed E-state index contributed by atoms with van der Waals surface area (Å²) in [5.41, 5.74) is 2.59. The Morgan fingerprint density at radius 3 is 2.58 bits per heavy atom. The van der Waals surface area contributed by atoms with E-state index in [0.29, 0.717) is 34.4 Å². The smallest absolute Gasteiger partial charge is 0.257 e. The maximum atomic E-state index is 12.6. The molecule has 174 valence electrons. The summed E-state index contributed by atoms with van der Waals surface area (Å²) in [5, 5.41) is 5.13. The Morgan fingerprint density at radius 1 is 1.21 bits per heavy atom. The van der Waals surface area contributed by atoms with E-state index in [1.165, 1.54) is 22.7 Å². The highest BCUT2D eigenvalue weighted by molar-refractivity contribution is 7.92. The molecule has 2 heterocycles. The molecule has 1 N–H and O–H groups in total. The number of hydrogen-bond donors (Lipinski definition) is 1. The average molecular weight is 488 g/mol. The van der Waals surface area contributed by atoms with Crippen LogP contribution in [0.3, 0.4) is 0 Å². The van der Waals surface area contributed by atoms with Crippen LogP contribution >= 0.6 is 11.3 Å². The Morgan fingerprint density at radius 2 is 1.94 bits per heavy atom. The molecule has 0 unspecified atom stereocenters. The highest BCUT2D eigenvalue weighted by atomic mass is 32.2. The summed E-state index contributed by atoms with van der Waals surface area (Å²) in [5.74, 6) is 0.440. The topological polar surface area (TPSA) is 97.8 Å². The summed E-state index contributed by atoms with van der Waals surface area (Å²) in [4.78, 5) is 17.1. The van der Waals surface area contributed by atoms with Crippen molar-refractivity contribution in [2.24, 2.45) is 0 Å². The number of nitrogens with one attached hydrogen (secondary N) is 1. The van der Waals surface area contributed by atoms with Gasteiger partial charge in [0.15, 0.2) is 5.13 Å². The minimum absolute atomic E-state index is 0.142. The molecule has 1 amide bonds. The summed E-state index contributed by atoms with van der Waals surface area (Å²) in [6.07, 6.45) is 3.38. The van der Waals surface area contributed by atoms with Gasteiger partial charge in [0.1, 0.15) is 12.4 Å². The Labute approximate surface area is 197 Å². The fourth-order valence-electron chi connectivity index (χ4n) is 3.33. The van der Waals surface area contributed by atoms with Gasteiger partial charge in [0.25, 0.3) is 5.91 Å². The molecule has 0 radical (unpaired) electrons. The molecule has 1 fully saturated rings. The number of hydrogen-bond acceptors (Lipinski definition) is 7. The lowest BCUT2D eigenvalue weighted by atomic mass is 10.1. The van der Waals surface area contributed by atoms with Crippen molar-refractivity contribution in [2.75, 3.05) is 36.1 Å². The van der Waals surface area contributed by atoms with E-state index in [9.17, 15) is 13.2 Å². The largest absolute Gasteiger partial charge is 0.491 e. The van der Waals surface area contributed by atoms with Gasteiger partial charge in [0.2, 0.25) is 10.0 Å². The predicted molar refractivity (Wildman–Crippen MR) is 130 cm³/mol. The first kappa shape index (κ1) is 23.2. The van der Waals surface area contributed by atoms with Crippen LogP contribution in [0.5, 0.6) is 5.75 Å². The van der Waals surface area contributed by atoms with Crippen molar-refractivity contribution < 1.29 is 22.7 Å². The highest BCUT2D eigenvalue weighted by Crippen LogP contribution is 2.27. The van der Waals surface area contributed by atoms with Crippen molar-refractivity contribution in [2.45, 2.75) is 18.9 Å². The lowest BCUT2D eigenvalue weighted by molar-refractivity contribution is 0.0679. The van der Waals surface area contributed by atoms with Crippen LogP contribution < -0.4 is 14.4 Å². The second-order valence-electron chi connectivity index (χ2n) is 7.74. The van der Waals surface area contributed by atoms with Gasteiger partial charge in [-0.1, -0.05) is 12.1 Å². The summed E-state index contributed by atoms with van der Waals surface area (Å²) in [7, 11) is -1.82. The summed E-state index contributed by atoms with van der Waals surface area (Å²) < 4.78 is 35.8. The number of nitrogens with zero attached hydrogens (tertiary/aromatic N) is 2. The summed E-state index contributed by atoms with van der Waals surface area (Å²) >= 11 is 1.32. The first-order chi connectivity index (χ1) is 15.8. The lowest BCUT2D eigenvalue weighted by Gasteiger charge is -2.16. The van der Waals surface area contributed by atoms with Gasteiger partial charge in [-0.2, -0.15) is 0 Å².